The van der Waals surface area contributed by atoms with Crippen molar-refractivity contribution < 1.29 is 19.1 Å². The summed E-state index contributed by atoms with van der Waals surface area (Å²) in [5.74, 6) is -0.00674. The average Bonchev–Trinajstić information content (AvgIpc) is 2.79. The average molecular weight is 404 g/mol. The number of methoxy groups -OCH3 is 1. The minimum Gasteiger partial charge on any atom is -0.490 e. The maximum absolute atomic E-state index is 12.8. The van der Waals surface area contributed by atoms with Crippen LogP contribution in [0.2, 0.25) is 0 Å². The van der Waals surface area contributed by atoms with E-state index in [2.05, 4.69) is 5.32 Å². The van der Waals surface area contributed by atoms with Crippen molar-refractivity contribution in [3.8, 4) is 5.75 Å². The quantitative estimate of drug-likeness (QED) is 0.570. The van der Waals surface area contributed by atoms with Gasteiger partial charge in [0.1, 0.15) is 12.4 Å². The molecule has 6 heteroatoms. The molecule has 0 fully saturated rings. The first-order valence-corrected chi connectivity index (χ1v) is 9.55. The van der Waals surface area contributed by atoms with Crippen LogP contribution in [0.4, 0.5) is 11.4 Å². The first-order chi connectivity index (χ1) is 14.6. The van der Waals surface area contributed by atoms with Gasteiger partial charge in [0.15, 0.2) is 0 Å². The van der Waals surface area contributed by atoms with E-state index in [4.69, 9.17) is 9.47 Å². The standard InChI is InChI=1S/C24H24N2O4/c1-26(20-11-4-3-5-12-20)24(28)18-9-8-10-19(17-18)25-23(27)21-13-6-7-14-22(21)30-16-15-29-2/h3-14,17H,15-16H2,1-2H3,(H,25,27). The van der Waals surface area contributed by atoms with Gasteiger partial charge >= 0.3 is 0 Å². The molecule has 0 spiro atoms. The largest absolute Gasteiger partial charge is 0.490 e. The first kappa shape index (κ1) is 21.1. The summed E-state index contributed by atoms with van der Waals surface area (Å²) in [6.45, 7) is 0.769. The summed E-state index contributed by atoms with van der Waals surface area (Å²) >= 11 is 0. The number of hydrogen-bond donors (Lipinski definition) is 1. The predicted octanol–water partition coefficient (Wildman–Crippen LogP) is 4.24. The number of carbonyl (C=O) groups excluding carboxylic acids is 2. The third-order valence-electron chi connectivity index (χ3n) is 4.49. The Morgan fingerprint density at radius 2 is 1.63 bits per heavy atom. The van der Waals surface area contributed by atoms with Crippen LogP contribution < -0.4 is 15.0 Å². The van der Waals surface area contributed by atoms with Crippen molar-refractivity contribution in [3.05, 3.63) is 90.0 Å². The molecule has 6 nitrogen and oxygen atoms in total. The smallest absolute Gasteiger partial charge is 0.259 e. The molecule has 0 aliphatic heterocycles. The van der Waals surface area contributed by atoms with Crippen LogP contribution in [0.1, 0.15) is 20.7 Å². The van der Waals surface area contributed by atoms with Crippen molar-refractivity contribution in [2.75, 3.05) is 37.6 Å². The predicted molar refractivity (Wildman–Crippen MR) is 117 cm³/mol. The first-order valence-electron chi connectivity index (χ1n) is 9.55. The van der Waals surface area contributed by atoms with Crippen LogP contribution in [0, 0.1) is 0 Å². The normalized spacial score (nSPS) is 10.3. The highest BCUT2D eigenvalue weighted by molar-refractivity contribution is 6.09. The molecule has 154 valence electrons. The number of ether oxygens (including phenoxy) is 2. The number of para-hydroxylation sites is 2. The number of nitrogens with one attached hydrogen (secondary N) is 1. The Hall–Kier alpha value is -3.64. The van der Waals surface area contributed by atoms with Crippen LogP contribution in [0.3, 0.4) is 0 Å². The molecule has 0 aliphatic carbocycles. The molecule has 0 unspecified atom stereocenters. The molecule has 0 heterocycles. The van der Waals surface area contributed by atoms with Gasteiger partial charge in [0.05, 0.1) is 12.2 Å². The number of carbonyl (C=O) groups is 2. The zero-order valence-corrected chi connectivity index (χ0v) is 17.0. The molecule has 30 heavy (non-hydrogen) atoms. The molecule has 0 saturated carbocycles. The van der Waals surface area contributed by atoms with Gasteiger partial charge in [-0.3, -0.25) is 9.59 Å². The lowest BCUT2D eigenvalue weighted by Crippen LogP contribution is -2.26. The SMILES string of the molecule is COCCOc1ccccc1C(=O)Nc1cccc(C(=O)N(C)c2ccccc2)c1. The monoisotopic (exact) mass is 404 g/mol. The Bertz CT molecular complexity index is 1000. The molecule has 3 aromatic rings. The van der Waals surface area contributed by atoms with E-state index in [-0.39, 0.29) is 11.8 Å². The van der Waals surface area contributed by atoms with Gasteiger partial charge in [-0.15, -0.1) is 0 Å². The summed E-state index contributed by atoms with van der Waals surface area (Å²) in [6, 6.07) is 23.2. The number of rotatable bonds is 8. The van der Waals surface area contributed by atoms with Crippen molar-refractivity contribution in [2.24, 2.45) is 0 Å². The molecule has 0 aromatic heterocycles. The van der Waals surface area contributed by atoms with E-state index in [0.717, 1.165) is 5.69 Å². The molecule has 0 saturated heterocycles. The van der Waals surface area contributed by atoms with Crippen molar-refractivity contribution in [1.29, 1.82) is 0 Å². The molecule has 0 radical (unpaired) electrons. The fourth-order valence-corrected chi connectivity index (χ4v) is 2.91. The van der Waals surface area contributed by atoms with Crippen LogP contribution in [-0.4, -0.2) is 39.2 Å². The number of nitrogens with zero attached hydrogens (tertiary/aromatic N) is 1. The summed E-state index contributed by atoms with van der Waals surface area (Å²) in [4.78, 5) is 27.2. The zero-order valence-electron chi connectivity index (χ0n) is 17.0. The summed E-state index contributed by atoms with van der Waals surface area (Å²) in [5, 5.41) is 2.84. The minimum absolute atomic E-state index is 0.166. The van der Waals surface area contributed by atoms with E-state index in [0.29, 0.717) is 35.8 Å². The Morgan fingerprint density at radius 1 is 0.900 bits per heavy atom. The number of benzene rings is 3. The maximum Gasteiger partial charge on any atom is 0.259 e. The highest BCUT2D eigenvalue weighted by Gasteiger charge is 2.16. The molecule has 1 N–H and O–H groups in total. The molecular formula is C24H24N2O4. The van der Waals surface area contributed by atoms with E-state index in [1.54, 1.807) is 67.6 Å². The van der Waals surface area contributed by atoms with E-state index < -0.39 is 0 Å². The van der Waals surface area contributed by atoms with E-state index in [1.165, 1.54) is 0 Å². The van der Waals surface area contributed by atoms with E-state index in [9.17, 15) is 9.59 Å². The van der Waals surface area contributed by atoms with Crippen molar-refractivity contribution >= 4 is 23.2 Å². The van der Waals surface area contributed by atoms with E-state index >= 15 is 0 Å². The highest BCUT2D eigenvalue weighted by Crippen LogP contribution is 2.21. The van der Waals surface area contributed by atoms with Crippen LogP contribution in [0.5, 0.6) is 5.75 Å². The molecule has 2 amide bonds. The van der Waals surface area contributed by atoms with Gasteiger partial charge < -0.3 is 19.7 Å². The fraction of sp³-hybridized carbons (Fsp3) is 0.167. The van der Waals surface area contributed by atoms with Crippen LogP contribution in [-0.2, 0) is 4.74 Å². The molecule has 0 atom stereocenters. The number of hydrogen-bond acceptors (Lipinski definition) is 4. The van der Waals surface area contributed by atoms with Gasteiger partial charge in [0.2, 0.25) is 0 Å². The van der Waals surface area contributed by atoms with Gasteiger partial charge in [-0.05, 0) is 42.5 Å². The zero-order chi connectivity index (χ0) is 21.3. The summed E-state index contributed by atoms with van der Waals surface area (Å²) in [5.41, 5.74) is 2.20. The van der Waals surface area contributed by atoms with Crippen molar-refractivity contribution in [3.63, 3.8) is 0 Å². The number of amides is 2. The Balaban J connectivity index is 1.74. The van der Waals surface area contributed by atoms with Gasteiger partial charge in [-0.25, -0.2) is 0 Å². The van der Waals surface area contributed by atoms with Gasteiger partial charge in [0, 0.05) is 31.1 Å². The third-order valence-corrected chi connectivity index (χ3v) is 4.49. The van der Waals surface area contributed by atoms with Crippen LogP contribution in [0.15, 0.2) is 78.9 Å². The Kier molecular flexibility index (Phi) is 7.19. The van der Waals surface area contributed by atoms with Gasteiger partial charge in [-0.1, -0.05) is 36.4 Å². The molecule has 0 bridgehead atoms. The Morgan fingerprint density at radius 3 is 2.40 bits per heavy atom. The van der Waals surface area contributed by atoms with Crippen LogP contribution >= 0.6 is 0 Å². The second kappa shape index (κ2) is 10.2. The minimum atomic E-state index is -0.316. The summed E-state index contributed by atoms with van der Waals surface area (Å²) in [7, 11) is 3.31. The second-order valence-electron chi connectivity index (χ2n) is 6.57. The lowest BCUT2D eigenvalue weighted by Gasteiger charge is -2.18. The molecule has 0 aliphatic rings. The third kappa shape index (κ3) is 5.24. The van der Waals surface area contributed by atoms with Crippen LogP contribution in [0.25, 0.3) is 0 Å². The van der Waals surface area contributed by atoms with Crippen molar-refractivity contribution in [2.45, 2.75) is 0 Å². The van der Waals surface area contributed by atoms with Gasteiger partial charge in [0.25, 0.3) is 11.8 Å². The fourth-order valence-electron chi connectivity index (χ4n) is 2.91. The van der Waals surface area contributed by atoms with E-state index in [1.807, 2.05) is 30.3 Å². The molecular weight excluding hydrogens is 380 g/mol. The topological polar surface area (TPSA) is 67.9 Å². The summed E-state index contributed by atoms with van der Waals surface area (Å²) in [6.07, 6.45) is 0. The lowest BCUT2D eigenvalue weighted by atomic mass is 10.1. The van der Waals surface area contributed by atoms with Gasteiger partial charge in [-0.2, -0.15) is 0 Å². The highest BCUT2D eigenvalue weighted by atomic mass is 16.5. The second-order valence-corrected chi connectivity index (χ2v) is 6.57. The number of anilines is 2. The maximum atomic E-state index is 12.8. The van der Waals surface area contributed by atoms with Crippen molar-refractivity contribution in [1.82, 2.24) is 0 Å². The Labute approximate surface area is 176 Å². The molecule has 3 aromatic carbocycles. The molecule has 3 rings (SSSR count). The lowest BCUT2D eigenvalue weighted by molar-refractivity contribution is 0.0989. The summed E-state index contributed by atoms with van der Waals surface area (Å²) < 4.78 is 10.6.